The van der Waals surface area contributed by atoms with Crippen molar-refractivity contribution in [1.82, 2.24) is 20.0 Å². The first-order valence-electron chi connectivity index (χ1n) is 10.7. The highest BCUT2D eigenvalue weighted by atomic mass is 35.5. The van der Waals surface area contributed by atoms with Crippen LogP contribution in [0.5, 0.6) is 0 Å². The van der Waals surface area contributed by atoms with Gasteiger partial charge in [-0.25, -0.2) is 0 Å². The van der Waals surface area contributed by atoms with Crippen LogP contribution in [0.25, 0.3) is 0 Å². The lowest BCUT2D eigenvalue weighted by Gasteiger charge is -2.44. The van der Waals surface area contributed by atoms with Gasteiger partial charge in [-0.15, -0.1) is 0 Å². The molecule has 4 rings (SSSR count). The summed E-state index contributed by atoms with van der Waals surface area (Å²) in [6.07, 6.45) is 3.84. The fourth-order valence-corrected chi connectivity index (χ4v) is 6.04. The Kier molecular flexibility index (Phi) is 6.68. The summed E-state index contributed by atoms with van der Waals surface area (Å²) in [5.74, 6) is 0.520. The Hall–Kier alpha value is -1.54. The Morgan fingerprint density at radius 1 is 1.35 bits per heavy atom. The maximum atomic E-state index is 12.4. The van der Waals surface area contributed by atoms with Crippen molar-refractivity contribution in [3.8, 4) is 0 Å². The molecule has 0 saturated carbocycles. The van der Waals surface area contributed by atoms with Crippen LogP contribution in [0.15, 0.2) is 24.3 Å². The topological polar surface area (TPSA) is 59.4 Å². The number of thioether (sulfide) groups is 1. The predicted molar refractivity (Wildman–Crippen MR) is 126 cm³/mol. The number of halogens is 1. The number of nitrogens with zero attached hydrogens (tertiary/aromatic N) is 3. The highest BCUT2D eigenvalue weighted by molar-refractivity contribution is 7.99. The number of hydrogen-bond donors (Lipinski definition) is 1. The van der Waals surface area contributed by atoms with Crippen LogP contribution >= 0.6 is 23.4 Å². The first-order chi connectivity index (χ1) is 14.9. The second-order valence-electron chi connectivity index (χ2n) is 8.63. The zero-order chi connectivity index (χ0) is 22.2. The Labute approximate surface area is 193 Å². The average Bonchev–Trinajstić information content (AvgIpc) is 3.15. The molecule has 168 valence electrons. The summed E-state index contributed by atoms with van der Waals surface area (Å²) >= 11 is 8.01. The lowest BCUT2D eigenvalue weighted by molar-refractivity contribution is -0.121. The van der Waals surface area contributed by atoms with E-state index in [4.69, 9.17) is 16.3 Å². The van der Waals surface area contributed by atoms with Crippen LogP contribution < -0.4 is 5.32 Å². The number of rotatable bonds is 6. The Balaban J connectivity index is 1.56. The lowest BCUT2D eigenvalue weighted by atomic mass is 9.72. The number of methoxy groups -OCH3 is 1. The first-order valence-corrected chi connectivity index (χ1v) is 12.5. The van der Waals surface area contributed by atoms with Gasteiger partial charge >= 0.3 is 0 Å². The molecule has 0 unspecified atom stereocenters. The number of carbonyl (C=O) groups is 1. The molecule has 1 N–H and O–H groups in total. The maximum absolute atomic E-state index is 12.4. The average molecular weight is 463 g/mol. The van der Waals surface area contributed by atoms with E-state index >= 15 is 0 Å². The van der Waals surface area contributed by atoms with E-state index in [1.54, 1.807) is 11.8 Å². The van der Waals surface area contributed by atoms with E-state index in [2.05, 4.69) is 39.6 Å². The van der Waals surface area contributed by atoms with Gasteiger partial charge in [0.2, 0.25) is 5.91 Å². The highest BCUT2D eigenvalue weighted by Gasteiger charge is 2.53. The monoisotopic (exact) mass is 462 g/mol. The van der Waals surface area contributed by atoms with Gasteiger partial charge < -0.3 is 10.1 Å². The van der Waals surface area contributed by atoms with Crippen LogP contribution in [0.1, 0.15) is 41.3 Å². The van der Waals surface area contributed by atoms with E-state index in [0.29, 0.717) is 5.75 Å². The molecule has 31 heavy (non-hydrogen) atoms. The van der Waals surface area contributed by atoms with Gasteiger partial charge in [0.25, 0.3) is 0 Å². The molecule has 2 aromatic rings. The molecule has 1 fully saturated rings. The van der Waals surface area contributed by atoms with E-state index in [9.17, 15) is 4.79 Å². The van der Waals surface area contributed by atoms with Gasteiger partial charge in [0.05, 0.1) is 23.6 Å². The number of ether oxygens (including phenoxy) is 1. The molecule has 6 nitrogen and oxygen atoms in total. The number of fused-ring (bicyclic) bond motifs is 2. The molecule has 2 aliphatic rings. The molecule has 1 aliphatic heterocycles. The molecular weight excluding hydrogens is 432 g/mol. The second-order valence-corrected chi connectivity index (χ2v) is 9.86. The zero-order valence-corrected chi connectivity index (χ0v) is 20.2. The predicted octanol–water partition coefficient (Wildman–Crippen LogP) is 3.46. The van der Waals surface area contributed by atoms with E-state index in [1.165, 1.54) is 22.9 Å². The number of hydrogen-bond acceptors (Lipinski definition) is 5. The Bertz CT molecular complexity index is 955. The summed E-state index contributed by atoms with van der Waals surface area (Å²) in [7, 11) is 3.66. The first kappa shape index (κ1) is 22.6. The van der Waals surface area contributed by atoms with Crippen LogP contribution in [-0.2, 0) is 28.5 Å². The number of benzene rings is 1. The van der Waals surface area contributed by atoms with Gasteiger partial charge in [0.1, 0.15) is 5.15 Å². The van der Waals surface area contributed by atoms with Crippen LogP contribution in [0.4, 0.5) is 0 Å². The van der Waals surface area contributed by atoms with Crippen molar-refractivity contribution >= 4 is 29.3 Å². The molecule has 2 heterocycles. The molecule has 1 amide bonds. The minimum atomic E-state index is -0.109. The lowest BCUT2D eigenvalue weighted by Crippen LogP contribution is -2.50. The summed E-state index contributed by atoms with van der Waals surface area (Å²) in [5, 5.41) is 8.42. The van der Waals surface area contributed by atoms with E-state index in [0.717, 1.165) is 48.9 Å². The van der Waals surface area contributed by atoms with Gasteiger partial charge in [-0.2, -0.15) is 16.9 Å². The van der Waals surface area contributed by atoms with Crippen molar-refractivity contribution in [2.24, 2.45) is 7.05 Å². The van der Waals surface area contributed by atoms with Crippen molar-refractivity contribution in [1.29, 1.82) is 0 Å². The SMILES string of the molecule is CO[C@H]1[C@H](NC(=O)CSC)c2ccccc2C12CCN(Cc1c(C)nn(C)c1Cl)CC2. The number of amides is 1. The summed E-state index contributed by atoms with van der Waals surface area (Å²) in [5.41, 5.74) is 4.53. The van der Waals surface area contributed by atoms with Crippen LogP contribution in [0, 0.1) is 6.92 Å². The van der Waals surface area contributed by atoms with Crippen molar-refractivity contribution in [3.05, 3.63) is 51.8 Å². The molecule has 1 saturated heterocycles. The second kappa shape index (κ2) is 9.14. The fourth-order valence-electron chi connectivity index (χ4n) is 5.46. The van der Waals surface area contributed by atoms with Gasteiger partial charge in [-0.05, 0) is 50.2 Å². The maximum Gasteiger partial charge on any atom is 0.230 e. The third-order valence-electron chi connectivity index (χ3n) is 6.93. The minimum Gasteiger partial charge on any atom is -0.378 e. The summed E-state index contributed by atoms with van der Waals surface area (Å²) in [6, 6.07) is 8.42. The van der Waals surface area contributed by atoms with Crippen molar-refractivity contribution in [2.45, 2.75) is 43.9 Å². The van der Waals surface area contributed by atoms with E-state index in [1.807, 2.05) is 20.2 Å². The number of nitrogens with one attached hydrogen (secondary N) is 1. The molecule has 8 heteroatoms. The molecule has 0 bridgehead atoms. The fraction of sp³-hybridized carbons (Fsp3) is 0.565. The van der Waals surface area contributed by atoms with Crippen LogP contribution in [0.2, 0.25) is 5.15 Å². The molecule has 2 atom stereocenters. The molecule has 1 aromatic carbocycles. The summed E-state index contributed by atoms with van der Waals surface area (Å²) in [4.78, 5) is 14.9. The Morgan fingerprint density at radius 3 is 2.68 bits per heavy atom. The quantitative estimate of drug-likeness (QED) is 0.712. The molecule has 1 aliphatic carbocycles. The van der Waals surface area contributed by atoms with Crippen molar-refractivity contribution < 1.29 is 9.53 Å². The van der Waals surface area contributed by atoms with Gasteiger partial charge in [0.15, 0.2) is 0 Å². The number of likely N-dealkylation sites (tertiary alicyclic amines) is 1. The standard InChI is InChI=1S/C23H31ClN4O2S/c1-15-17(22(24)27(2)26-15)13-28-11-9-23(10-12-28)18-8-6-5-7-16(18)20(21(23)30-3)25-19(29)14-31-4/h5-8,20-21H,9-14H2,1-4H3,(H,25,29)/t20-,21+/m1/s1. The van der Waals surface area contributed by atoms with E-state index in [-0.39, 0.29) is 23.5 Å². The molecule has 1 aromatic heterocycles. The molecule has 1 spiro atoms. The highest BCUT2D eigenvalue weighted by Crippen LogP contribution is 2.52. The van der Waals surface area contributed by atoms with Gasteiger partial charge in [-0.3, -0.25) is 14.4 Å². The third kappa shape index (κ3) is 4.01. The zero-order valence-electron chi connectivity index (χ0n) is 18.7. The van der Waals surface area contributed by atoms with Crippen LogP contribution in [0.3, 0.4) is 0 Å². The van der Waals surface area contributed by atoms with Gasteiger partial charge in [-0.1, -0.05) is 35.9 Å². The summed E-state index contributed by atoms with van der Waals surface area (Å²) < 4.78 is 7.84. The molecular formula is C23H31ClN4O2S. The number of piperidine rings is 1. The van der Waals surface area contributed by atoms with Crippen molar-refractivity contribution in [2.75, 3.05) is 32.2 Å². The van der Waals surface area contributed by atoms with E-state index < -0.39 is 0 Å². The smallest absolute Gasteiger partial charge is 0.230 e. The Morgan fingerprint density at radius 2 is 2.06 bits per heavy atom. The van der Waals surface area contributed by atoms with Crippen molar-refractivity contribution in [3.63, 3.8) is 0 Å². The number of aromatic nitrogens is 2. The largest absolute Gasteiger partial charge is 0.378 e. The number of carbonyl (C=O) groups excluding carboxylic acids is 1. The summed E-state index contributed by atoms with van der Waals surface area (Å²) in [6.45, 7) is 4.72. The molecule has 0 radical (unpaired) electrons. The van der Waals surface area contributed by atoms with Gasteiger partial charge in [0, 0.05) is 31.7 Å². The minimum absolute atomic E-state index is 0.0607. The van der Waals surface area contributed by atoms with Crippen LogP contribution in [-0.4, -0.2) is 58.9 Å². The number of aryl methyl sites for hydroxylation is 2. The third-order valence-corrected chi connectivity index (χ3v) is 7.95. The normalized spacial score (nSPS) is 22.6.